The van der Waals surface area contributed by atoms with Crippen LogP contribution in [0.15, 0.2) is 24.4 Å². The first-order valence-electron chi connectivity index (χ1n) is 5.35. The fourth-order valence-corrected chi connectivity index (χ4v) is 1.38. The molecule has 0 aromatic carbocycles. The minimum absolute atomic E-state index is 0.0659. The number of H-pyrrole nitrogens is 1. The molecule has 0 bridgehead atoms. The summed E-state index contributed by atoms with van der Waals surface area (Å²) in [4.78, 5) is 15.5. The largest absolute Gasteiger partial charge is 0.471 e. The number of ether oxygens (including phenoxy) is 2. The van der Waals surface area contributed by atoms with E-state index in [4.69, 9.17) is 16.3 Å². The zero-order valence-corrected chi connectivity index (χ0v) is 10.6. The zero-order chi connectivity index (χ0) is 14.5. The smallest absolute Gasteiger partial charge is 0.363 e. The lowest BCUT2D eigenvalue weighted by molar-refractivity contribution is 0.0721. The van der Waals surface area contributed by atoms with Gasteiger partial charge in [0, 0.05) is 12.3 Å². The van der Waals surface area contributed by atoms with Gasteiger partial charge >= 0.3 is 5.97 Å². The van der Waals surface area contributed by atoms with Crippen molar-refractivity contribution in [2.45, 2.75) is 6.43 Å². The third-order valence-corrected chi connectivity index (χ3v) is 2.33. The molecule has 20 heavy (non-hydrogen) atoms. The summed E-state index contributed by atoms with van der Waals surface area (Å²) in [7, 11) is 0. The molecule has 0 saturated heterocycles. The first-order valence-corrected chi connectivity index (χ1v) is 5.73. The van der Waals surface area contributed by atoms with Crippen molar-refractivity contribution in [2.75, 3.05) is 6.61 Å². The van der Waals surface area contributed by atoms with Gasteiger partial charge in [-0.15, -0.1) is 5.10 Å². The van der Waals surface area contributed by atoms with E-state index in [1.807, 2.05) is 0 Å². The Morgan fingerprint density at radius 3 is 3.00 bits per heavy atom. The number of hydrogen-bond donors (Lipinski definition) is 1. The highest BCUT2D eigenvalue weighted by atomic mass is 35.5. The van der Waals surface area contributed by atoms with E-state index in [-0.39, 0.29) is 22.5 Å². The van der Waals surface area contributed by atoms with Gasteiger partial charge in [0.15, 0.2) is 6.61 Å². The number of carbonyl (C=O) groups is 1. The number of rotatable bonds is 5. The summed E-state index contributed by atoms with van der Waals surface area (Å²) >= 11 is 5.77. The molecule has 106 valence electrons. The van der Waals surface area contributed by atoms with Gasteiger partial charge < -0.3 is 9.47 Å². The number of nitrogens with one attached hydrogen (secondary N) is 1. The summed E-state index contributed by atoms with van der Waals surface area (Å²) in [5.41, 5.74) is -0.0732. The molecule has 0 fully saturated rings. The molecular formula is C11H8ClF2N3O3. The molecule has 2 rings (SSSR count). The van der Waals surface area contributed by atoms with Crippen LogP contribution >= 0.6 is 11.6 Å². The summed E-state index contributed by atoms with van der Waals surface area (Å²) in [5, 5.41) is 6.00. The normalized spacial score (nSPS) is 10.6. The Balaban J connectivity index is 2.01. The van der Waals surface area contributed by atoms with Gasteiger partial charge in [-0.2, -0.15) is 0 Å². The average Bonchev–Trinajstić information content (AvgIpc) is 2.88. The molecule has 0 saturated carbocycles. The molecule has 0 unspecified atom stereocenters. The number of nitrogens with zero attached hydrogens (tertiary/aromatic N) is 2. The molecule has 6 nitrogen and oxygen atoms in total. The monoisotopic (exact) mass is 303 g/mol. The maximum Gasteiger partial charge on any atom is 0.363 e. The Bertz CT molecular complexity index is 606. The van der Waals surface area contributed by atoms with Gasteiger partial charge in [-0.05, 0) is 12.1 Å². The van der Waals surface area contributed by atoms with Crippen molar-refractivity contribution in [2.24, 2.45) is 0 Å². The van der Waals surface area contributed by atoms with E-state index in [0.717, 1.165) is 6.07 Å². The second kappa shape index (κ2) is 6.29. The van der Waals surface area contributed by atoms with Crippen LogP contribution < -0.4 is 9.47 Å². The predicted molar refractivity (Wildman–Crippen MR) is 64.3 cm³/mol. The number of halogens is 3. The van der Waals surface area contributed by atoms with Gasteiger partial charge in [-0.3, -0.25) is 5.10 Å². The standard InChI is InChI=1S/C11H8ClF2N3O3/c12-6-2-1-3-15-10(6)20-11(18)7-4-9(17-16-7)19-5-8(13)14/h1-4,8H,5H2,(H,16,17). The van der Waals surface area contributed by atoms with Crippen molar-refractivity contribution >= 4 is 17.6 Å². The Kier molecular flexibility index (Phi) is 4.46. The molecule has 0 aliphatic rings. The first kappa shape index (κ1) is 14.2. The maximum absolute atomic E-state index is 11.9. The molecule has 9 heteroatoms. The molecule has 0 aliphatic carbocycles. The summed E-state index contributed by atoms with van der Waals surface area (Å²) in [6, 6.07) is 4.22. The van der Waals surface area contributed by atoms with Crippen LogP contribution in [0.1, 0.15) is 10.5 Å². The highest BCUT2D eigenvalue weighted by Crippen LogP contribution is 2.21. The quantitative estimate of drug-likeness (QED) is 0.858. The number of esters is 1. The Morgan fingerprint density at radius 1 is 1.50 bits per heavy atom. The van der Waals surface area contributed by atoms with E-state index >= 15 is 0 Å². The lowest BCUT2D eigenvalue weighted by Gasteiger charge is -2.02. The SMILES string of the molecule is O=C(Oc1ncccc1Cl)c1cc(OCC(F)F)n[nH]1. The highest BCUT2D eigenvalue weighted by molar-refractivity contribution is 6.31. The van der Waals surface area contributed by atoms with Crippen molar-refractivity contribution in [1.82, 2.24) is 15.2 Å². The maximum atomic E-state index is 11.9. The number of aromatic amines is 1. The van der Waals surface area contributed by atoms with E-state index in [0.29, 0.717) is 0 Å². The molecule has 0 spiro atoms. The molecule has 2 aromatic heterocycles. The number of alkyl halides is 2. The van der Waals surface area contributed by atoms with Crippen molar-refractivity contribution in [3.63, 3.8) is 0 Å². The van der Waals surface area contributed by atoms with Crippen LogP contribution in [0, 0.1) is 0 Å². The van der Waals surface area contributed by atoms with Gasteiger partial charge in [-0.25, -0.2) is 18.6 Å². The Morgan fingerprint density at radius 2 is 2.30 bits per heavy atom. The number of hydrogen-bond acceptors (Lipinski definition) is 5. The Labute approximate surface area is 116 Å². The van der Waals surface area contributed by atoms with Crippen LogP contribution in [0.2, 0.25) is 5.02 Å². The number of carbonyl (C=O) groups excluding carboxylic acids is 1. The summed E-state index contributed by atoms with van der Waals surface area (Å²) in [5.74, 6) is -1.02. The minimum Gasteiger partial charge on any atom is -0.471 e. The van der Waals surface area contributed by atoms with Crippen LogP contribution in [0.25, 0.3) is 0 Å². The molecule has 0 atom stereocenters. The average molecular weight is 304 g/mol. The third kappa shape index (κ3) is 3.64. The summed E-state index contributed by atoms with van der Waals surface area (Å²) in [6.07, 6.45) is -1.23. The van der Waals surface area contributed by atoms with Crippen molar-refractivity contribution in [3.8, 4) is 11.8 Å². The predicted octanol–water partition coefficient (Wildman–Crippen LogP) is 2.32. The fraction of sp³-hybridized carbons (Fsp3) is 0.182. The molecular weight excluding hydrogens is 296 g/mol. The van der Waals surface area contributed by atoms with Crippen molar-refractivity contribution in [1.29, 1.82) is 0 Å². The topological polar surface area (TPSA) is 77.1 Å². The van der Waals surface area contributed by atoms with E-state index in [1.165, 1.54) is 12.3 Å². The van der Waals surface area contributed by atoms with Gasteiger partial charge in [-0.1, -0.05) is 11.6 Å². The number of pyridine rings is 1. The molecule has 2 aromatic rings. The second-order valence-electron chi connectivity index (χ2n) is 3.50. The molecule has 0 radical (unpaired) electrons. The van der Waals surface area contributed by atoms with Crippen LogP contribution in [0.3, 0.4) is 0 Å². The first-order chi connectivity index (χ1) is 9.56. The summed E-state index contributed by atoms with van der Waals surface area (Å²) < 4.78 is 33.4. The molecule has 0 amide bonds. The Hall–Kier alpha value is -2.22. The van der Waals surface area contributed by atoms with Gasteiger partial charge in [0.05, 0.1) is 0 Å². The summed E-state index contributed by atoms with van der Waals surface area (Å²) in [6.45, 7) is -0.814. The number of aromatic nitrogens is 3. The third-order valence-electron chi connectivity index (χ3n) is 2.05. The second-order valence-corrected chi connectivity index (χ2v) is 3.91. The van der Waals surface area contributed by atoms with E-state index in [1.54, 1.807) is 6.07 Å². The lowest BCUT2D eigenvalue weighted by atomic mass is 10.4. The van der Waals surface area contributed by atoms with E-state index in [9.17, 15) is 13.6 Å². The molecule has 0 aliphatic heterocycles. The van der Waals surface area contributed by atoms with Gasteiger partial charge in [0.25, 0.3) is 6.43 Å². The lowest BCUT2D eigenvalue weighted by Crippen LogP contribution is -2.10. The molecule has 2 heterocycles. The van der Waals surface area contributed by atoms with E-state index in [2.05, 4.69) is 19.9 Å². The fourth-order valence-electron chi connectivity index (χ4n) is 1.22. The van der Waals surface area contributed by atoms with Crippen LogP contribution in [-0.2, 0) is 0 Å². The van der Waals surface area contributed by atoms with Gasteiger partial charge in [0.1, 0.15) is 10.7 Å². The van der Waals surface area contributed by atoms with Crippen molar-refractivity contribution in [3.05, 3.63) is 35.1 Å². The van der Waals surface area contributed by atoms with Crippen LogP contribution in [0.4, 0.5) is 8.78 Å². The minimum atomic E-state index is -2.63. The van der Waals surface area contributed by atoms with Crippen LogP contribution in [-0.4, -0.2) is 34.2 Å². The van der Waals surface area contributed by atoms with E-state index < -0.39 is 19.0 Å². The van der Waals surface area contributed by atoms with Crippen molar-refractivity contribution < 1.29 is 23.0 Å². The van der Waals surface area contributed by atoms with Crippen LogP contribution in [0.5, 0.6) is 11.8 Å². The van der Waals surface area contributed by atoms with Gasteiger partial charge in [0.2, 0.25) is 11.8 Å². The zero-order valence-electron chi connectivity index (χ0n) is 9.85. The molecule has 1 N–H and O–H groups in total. The highest BCUT2D eigenvalue weighted by Gasteiger charge is 2.16.